The number of aryl methyl sites for hydroxylation is 1. The number of aliphatic imine (C=N–C) groups is 1. The van der Waals surface area contributed by atoms with Crippen LogP contribution in [0.25, 0.3) is 0 Å². The number of halogens is 4. The maximum atomic E-state index is 12.4. The van der Waals surface area contributed by atoms with E-state index in [9.17, 15) is 18.0 Å². The van der Waals surface area contributed by atoms with Gasteiger partial charge in [0.15, 0.2) is 5.96 Å². The minimum atomic E-state index is -4.43. The predicted molar refractivity (Wildman–Crippen MR) is 121 cm³/mol. The van der Waals surface area contributed by atoms with Crippen LogP contribution in [-0.4, -0.2) is 56.2 Å². The van der Waals surface area contributed by atoms with Crippen molar-refractivity contribution in [2.45, 2.75) is 51.4 Å². The number of rotatable bonds is 7. The Morgan fingerprint density at radius 2 is 1.93 bits per heavy atom. The van der Waals surface area contributed by atoms with E-state index in [4.69, 9.17) is 4.74 Å². The molecule has 1 aromatic carbocycles. The lowest BCUT2D eigenvalue weighted by Gasteiger charge is -2.20. The molecular formula is C20H30F3IN4O2. The van der Waals surface area contributed by atoms with Gasteiger partial charge in [-0.15, -0.1) is 24.0 Å². The number of amides is 1. The number of benzene rings is 1. The summed E-state index contributed by atoms with van der Waals surface area (Å²) < 4.78 is 43.3. The summed E-state index contributed by atoms with van der Waals surface area (Å²) in [6.07, 6.45) is 0.269. The van der Waals surface area contributed by atoms with Gasteiger partial charge in [0.1, 0.15) is 12.3 Å². The van der Waals surface area contributed by atoms with Gasteiger partial charge in [-0.05, 0) is 44.2 Å². The molecule has 0 unspecified atom stereocenters. The van der Waals surface area contributed by atoms with Gasteiger partial charge in [-0.2, -0.15) is 13.2 Å². The average Bonchev–Trinajstić information content (AvgIpc) is 3.14. The van der Waals surface area contributed by atoms with Crippen molar-refractivity contribution in [3.05, 3.63) is 29.3 Å². The number of carbonyl (C=O) groups excluding carboxylic acids is 1. The Morgan fingerprint density at radius 1 is 1.27 bits per heavy atom. The fraction of sp³-hybridized carbons (Fsp3) is 0.600. The van der Waals surface area contributed by atoms with Crippen molar-refractivity contribution in [1.29, 1.82) is 0 Å². The molecular weight excluding hydrogens is 512 g/mol. The topological polar surface area (TPSA) is 66.0 Å². The molecule has 1 fully saturated rings. The van der Waals surface area contributed by atoms with Crippen molar-refractivity contribution in [2.75, 3.05) is 27.2 Å². The predicted octanol–water partition coefficient (Wildman–Crippen LogP) is 3.62. The van der Waals surface area contributed by atoms with E-state index in [0.717, 1.165) is 36.8 Å². The molecule has 10 heteroatoms. The van der Waals surface area contributed by atoms with Gasteiger partial charge in [0.05, 0.1) is 12.6 Å². The molecule has 30 heavy (non-hydrogen) atoms. The van der Waals surface area contributed by atoms with E-state index in [-0.39, 0.29) is 36.6 Å². The van der Waals surface area contributed by atoms with E-state index in [0.29, 0.717) is 17.4 Å². The highest BCUT2D eigenvalue weighted by Crippen LogP contribution is 2.27. The molecule has 0 bridgehead atoms. The van der Waals surface area contributed by atoms with Crippen molar-refractivity contribution >= 4 is 35.8 Å². The molecule has 0 heterocycles. The van der Waals surface area contributed by atoms with E-state index in [2.05, 4.69) is 15.6 Å². The minimum absolute atomic E-state index is 0. The average molecular weight is 542 g/mol. The lowest BCUT2D eigenvalue weighted by atomic mass is 10.1. The van der Waals surface area contributed by atoms with Crippen molar-refractivity contribution in [1.82, 2.24) is 15.5 Å². The van der Waals surface area contributed by atoms with Gasteiger partial charge in [-0.3, -0.25) is 9.79 Å². The molecule has 170 valence electrons. The third-order valence-corrected chi connectivity index (χ3v) is 4.74. The fourth-order valence-corrected chi connectivity index (χ4v) is 3.15. The number of nitrogens with one attached hydrogen (secondary N) is 2. The number of hydrogen-bond donors (Lipinski definition) is 2. The molecule has 2 rings (SSSR count). The Morgan fingerprint density at radius 3 is 2.53 bits per heavy atom. The number of ether oxygens (including phenoxy) is 1. The summed E-state index contributed by atoms with van der Waals surface area (Å²) in [7, 11) is 2.65. The highest BCUT2D eigenvalue weighted by Gasteiger charge is 2.31. The second-order valence-corrected chi connectivity index (χ2v) is 7.28. The summed E-state index contributed by atoms with van der Waals surface area (Å²) in [5.74, 6) is 0.470. The van der Waals surface area contributed by atoms with Crippen LogP contribution in [-0.2, 0) is 11.3 Å². The second kappa shape index (κ2) is 12.2. The zero-order valence-electron chi connectivity index (χ0n) is 17.5. The molecule has 1 aliphatic carbocycles. The molecule has 0 radical (unpaired) electrons. The molecule has 0 saturated heterocycles. The fourth-order valence-electron chi connectivity index (χ4n) is 3.15. The van der Waals surface area contributed by atoms with E-state index < -0.39 is 18.6 Å². The second-order valence-electron chi connectivity index (χ2n) is 7.28. The number of carbonyl (C=O) groups is 1. The zero-order chi connectivity index (χ0) is 21.4. The van der Waals surface area contributed by atoms with Crippen molar-refractivity contribution in [2.24, 2.45) is 4.99 Å². The van der Waals surface area contributed by atoms with Crippen LogP contribution in [0.5, 0.6) is 5.75 Å². The SMILES string of the molecule is CN=C(NCC(=O)N(C)CC(F)(F)F)NCc1ccc(C)cc1OC1CCCC1.I. The summed E-state index contributed by atoms with van der Waals surface area (Å²) in [4.78, 5) is 16.5. The van der Waals surface area contributed by atoms with Gasteiger partial charge in [-0.25, -0.2) is 0 Å². The van der Waals surface area contributed by atoms with Crippen LogP contribution >= 0.6 is 24.0 Å². The molecule has 0 atom stereocenters. The molecule has 6 nitrogen and oxygen atoms in total. The summed E-state index contributed by atoms with van der Waals surface area (Å²) in [5, 5.41) is 5.83. The first-order valence-electron chi connectivity index (χ1n) is 9.69. The Hall–Kier alpha value is -1.72. The Labute approximate surface area is 192 Å². The molecule has 1 saturated carbocycles. The number of nitrogens with zero attached hydrogens (tertiary/aromatic N) is 2. The third-order valence-electron chi connectivity index (χ3n) is 4.74. The minimum Gasteiger partial charge on any atom is -0.490 e. The van der Waals surface area contributed by atoms with E-state index in [1.807, 2.05) is 25.1 Å². The van der Waals surface area contributed by atoms with E-state index >= 15 is 0 Å². The quantitative estimate of drug-likeness (QED) is 0.314. The van der Waals surface area contributed by atoms with Gasteiger partial charge in [0.25, 0.3) is 0 Å². The van der Waals surface area contributed by atoms with Crippen molar-refractivity contribution in [3.63, 3.8) is 0 Å². The van der Waals surface area contributed by atoms with Crippen LogP contribution in [0.4, 0.5) is 13.2 Å². The Balaban J connectivity index is 0.00000450. The highest BCUT2D eigenvalue weighted by molar-refractivity contribution is 14.0. The lowest BCUT2D eigenvalue weighted by molar-refractivity contribution is -0.157. The number of hydrogen-bond acceptors (Lipinski definition) is 3. The molecule has 2 N–H and O–H groups in total. The van der Waals surface area contributed by atoms with Crippen LogP contribution < -0.4 is 15.4 Å². The Kier molecular flexibility index (Phi) is 10.7. The summed E-state index contributed by atoms with van der Waals surface area (Å²) >= 11 is 0. The van der Waals surface area contributed by atoms with Crippen molar-refractivity contribution < 1.29 is 22.7 Å². The summed E-state index contributed by atoms with van der Waals surface area (Å²) in [5.41, 5.74) is 2.05. The molecule has 0 aromatic heterocycles. The summed E-state index contributed by atoms with van der Waals surface area (Å²) in [6, 6.07) is 5.97. The normalized spacial score (nSPS) is 14.8. The molecule has 1 aromatic rings. The standard InChI is InChI=1S/C20H29F3N4O2.HI/c1-14-8-9-15(17(10-14)29-16-6-4-5-7-16)11-25-19(24-2)26-12-18(28)27(3)13-20(21,22)23;/h8-10,16H,4-7,11-13H2,1-3H3,(H2,24,25,26);1H. The van der Waals surface area contributed by atoms with Gasteiger partial charge in [0, 0.05) is 26.2 Å². The van der Waals surface area contributed by atoms with Gasteiger partial charge < -0.3 is 20.3 Å². The van der Waals surface area contributed by atoms with Crippen LogP contribution in [0.1, 0.15) is 36.8 Å². The Bertz CT molecular complexity index is 722. The van der Waals surface area contributed by atoms with Crippen molar-refractivity contribution in [3.8, 4) is 5.75 Å². The van der Waals surface area contributed by atoms with E-state index in [1.165, 1.54) is 19.9 Å². The van der Waals surface area contributed by atoms with Crippen LogP contribution in [0.3, 0.4) is 0 Å². The van der Waals surface area contributed by atoms with Crippen LogP contribution in [0.2, 0.25) is 0 Å². The monoisotopic (exact) mass is 542 g/mol. The lowest BCUT2D eigenvalue weighted by Crippen LogP contribution is -2.45. The maximum absolute atomic E-state index is 12.4. The number of likely N-dealkylation sites (N-methyl/N-ethyl adjacent to an activating group) is 1. The van der Waals surface area contributed by atoms with Gasteiger partial charge in [-0.1, -0.05) is 12.1 Å². The largest absolute Gasteiger partial charge is 0.490 e. The molecule has 1 amide bonds. The molecule has 1 aliphatic rings. The first kappa shape index (κ1) is 26.3. The molecule has 0 aliphatic heterocycles. The van der Waals surface area contributed by atoms with Crippen LogP contribution in [0, 0.1) is 6.92 Å². The molecule has 0 spiro atoms. The summed E-state index contributed by atoms with van der Waals surface area (Å²) in [6.45, 7) is 0.840. The maximum Gasteiger partial charge on any atom is 0.406 e. The zero-order valence-corrected chi connectivity index (χ0v) is 19.8. The highest BCUT2D eigenvalue weighted by atomic mass is 127. The van der Waals surface area contributed by atoms with Gasteiger partial charge in [0.2, 0.25) is 5.91 Å². The van der Waals surface area contributed by atoms with Gasteiger partial charge >= 0.3 is 6.18 Å². The number of alkyl halides is 3. The van der Waals surface area contributed by atoms with E-state index in [1.54, 1.807) is 0 Å². The first-order valence-corrected chi connectivity index (χ1v) is 9.69. The van der Waals surface area contributed by atoms with Crippen LogP contribution in [0.15, 0.2) is 23.2 Å². The first-order chi connectivity index (χ1) is 13.7. The third kappa shape index (κ3) is 8.97. The number of guanidine groups is 1. The smallest absolute Gasteiger partial charge is 0.406 e.